The molecule has 5 heteroatoms. The highest BCUT2D eigenvalue weighted by atomic mass is 35.5. The first kappa shape index (κ1) is 27.7. The van der Waals surface area contributed by atoms with E-state index in [2.05, 4.69) is 140 Å². The fourth-order valence-corrected chi connectivity index (χ4v) is 5.91. The highest BCUT2D eigenvalue weighted by Gasteiger charge is 2.21. The fourth-order valence-electron chi connectivity index (χ4n) is 5.74. The number of nitrogens with zero attached hydrogens (tertiary/aromatic N) is 2. The minimum absolute atomic E-state index is 0.211. The zero-order chi connectivity index (χ0) is 28.2. The maximum Gasteiger partial charge on any atom is 0.0618 e. The molecule has 2 aromatic heterocycles. The Morgan fingerprint density at radius 1 is 0.600 bits per heavy atom. The molecule has 4 nitrogen and oxygen atoms in total. The Kier molecular flexibility index (Phi) is 8.41. The number of aromatic nitrogens is 2. The smallest absolute Gasteiger partial charge is 0.0618 e. The largest absolute Gasteiger partial charge is 0.361 e. The standard InChI is InChI=1S/C18H20N2.C17H17ClN2/c1-13-8-7-11-16-17(13)15(12-19-16)18(20(2)3)14-9-5-4-6-10-14;1-20(2)17(12-6-4-3-5-7-12)15-11-19-16-9-8-13(18)10-14(15)16/h4-12,18-19H,1-3H3;3-11,17,19H,1-2H3. The first-order chi connectivity index (χ1) is 19.3. The number of benzene rings is 4. The number of hydrogen-bond acceptors (Lipinski definition) is 2. The van der Waals surface area contributed by atoms with Crippen molar-refractivity contribution in [2.24, 2.45) is 0 Å². The van der Waals surface area contributed by atoms with Crippen LogP contribution in [0, 0.1) is 6.92 Å². The van der Waals surface area contributed by atoms with Crippen molar-refractivity contribution in [3.63, 3.8) is 0 Å². The number of halogens is 1. The minimum Gasteiger partial charge on any atom is -0.361 e. The molecule has 0 aliphatic rings. The van der Waals surface area contributed by atoms with Crippen LogP contribution >= 0.6 is 11.6 Å². The summed E-state index contributed by atoms with van der Waals surface area (Å²) in [6.07, 6.45) is 4.23. The van der Waals surface area contributed by atoms with E-state index in [1.165, 1.54) is 44.1 Å². The molecule has 0 radical (unpaired) electrons. The average Bonchev–Trinajstić information content (AvgIpc) is 3.55. The molecule has 2 heterocycles. The van der Waals surface area contributed by atoms with Gasteiger partial charge in [-0.25, -0.2) is 0 Å². The van der Waals surface area contributed by atoms with E-state index in [1.54, 1.807) is 0 Å². The van der Waals surface area contributed by atoms with E-state index in [0.717, 1.165) is 10.5 Å². The van der Waals surface area contributed by atoms with Crippen molar-refractivity contribution in [2.45, 2.75) is 19.0 Å². The number of nitrogens with one attached hydrogen (secondary N) is 2. The highest BCUT2D eigenvalue weighted by Crippen LogP contribution is 2.35. The van der Waals surface area contributed by atoms with Crippen molar-refractivity contribution >= 4 is 33.4 Å². The normalized spacial score (nSPS) is 13.0. The molecule has 2 unspecified atom stereocenters. The van der Waals surface area contributed by atoms with Crippen molar-refractivity contribution in [2.75, 3.05) is 28.2 Å². The van der Waals surface area contributed by atoms with E-state index >= 15 is 0 Å². The van der Waals surface area contributed by atoms with E-state index in [4.69, 9.17) is 11.6 Å². The van der Waals surface area contributed by atoms with Crippen LogP contribution in [0.25, 0.3) is 21.8 Å². The van der Waals surface area contributed by atoms with E-state index in [0.29, 0.717) is 0 Å². The predicted molar refractivity (Wildman–Crippen MR) is 170 cm³/mol. The van der Waals surface area contributed by atoms with Crippen LogP contribution in [0.2, 0.25) is 5.02 Å². The summed E-state index contributed by atoms with van der Waals surface area (Å²) in [5.41, 5.74) is 8.84. The van der Waals surface area contributed by atoms with Crippen LogP contribution in [0.3, 0.4) is 0 Å². The molecule has 0 aliphatic carbocycles. The first-order valence-electron chi connectivity index (χ1n) is 13.6. The van der Waals surface area contributed by atoms with Gasteiger partial charge in [0.2, 0.25) is 0 Å². The molecule has 40 heavy (non-hydrogen) atoms. The lowest BCUT2D eigenvalue weighted by atomic mass is 9.95. The summed E-state index contributed by atoms with van der Waals surface area (Å²) >= 11 is 6.15. The van der Waals surface area contributed by atoms with Crippen LogP contribution in [0.4, 0.5) is 0 Å². The minimum atomic E-state index is 0.211. The number of fused-ring (bicyclic) bond motifs is 2. The molecule has 4 aromatic carbocycles. The number of H-pyrrole nitrogens is 2. The van der Waals surface area contributed by atoms with Crippen LogP contribution in [0.1, 0.15) is 39.9 Å². The van der Waals surface area contributed by atoms with Crippen LogP contribution < -0.4 is 0 Å². The van der Waals surface area contributed by atoms with Crippen LogP contribution in [-0.4, -0.2) is 48.0 Å². The third-order valence-corrected chi connectivity index (χ3v) is 7.71. The quantitative estimate of drug-likeness (QED) is 0.219. The van der Waals surface area contributed by atoms with Gasteiger partial charge in [0.05, 0.1) is 12.1 Å². The molecule has 0 amide bonds. The molecule has 0 spiro atoms. The second-order valence-corrected chi connectivity index (χ2v) is 11.2. The second-order valence-electron chi connectivity index (χ2n) is 10.7. The van der Waals surface area contributed by atoms with Gasteiger partial charge >= 0.3 is 0 Å². The van der Waals surface area contributed by atoms with E-state index in [1.807, 2.05) is 24.3 Å². The van der Waals surface area contributed by atoms with Gasteiger partial charge in [-0.15, -0.1) is 0 Å². The lowest BCUT2D eigenvalue weighted by Gasteiger charge is -2.25. The second kappa shape index (κ2) is 12.1. The summed E-state index contributed by atoms with van der Waals surface area (Å²) in [6.45, 7) is 2.18. The Labute approximate surface area is 242 Å². The lowest BCUT2D eigenvalue weighted by molar-refractivity contribution is 0.344. The SMILES string of the molecule is CN(C)C(c1ccccc1)c1c[nH]c2ccc(Cl)cc12.Cc1cccc2[nH]cc(C(c3ccccc3)N(C)C)c12. The zero-order valence-electron chi connectivity index (χ0n) is 23.8. The maximum atomic E-state index is 6.15. The zero-order valence-corrected chi connectivity index (χ0v) is 24.6. The maximum absolute atomic E-state index is 6.15. The van der Waals surface area contributed by atoms with Gasteiger partial charge in [-0.1, -0.05) is 84.4 Å². The molecule has 6 rings (SSSR count). The Balaban J connectivity index is 0.000000161. The molecule has 204 valence electrons. The predicted octanol–water partition coefficient (Wildman–Crippen LogP) is 8.60. The summed E-state index contributed by atoms with van der Waals surface area (Å²) in [7, 11) is 8.46. The van der Waals surface area contributed by atoms with Crippen molar-refractivity contribution < 1.29 is 0 Å². The molecule has 2 N–H and O–H groups in total. The van der Waals surface area contributed by atoms with Crippen molar-refractivity contribution in [3.05, 3.63) is 142 Å². The monoisotopic (exact) mass is 548 g/mol. The fraction of sp³-hybridized carbons (Fsp3) is 0.200. The Morgan fingerprint density at radius 3 is 1.75 bits per heavy atom. The third kappa shape index (κ3) is 5.71. The summed E-state index contributed by atoms with van der Waals surface area (Å²) in [5, 5.41) is 3.29. The number of hydrogen-bond donors (Lipinski definition) is 2. The molecule has 0 aliphatic heterocycles. The summed E-state index contributed by atoms with van der Waals surface area (Å²) in [4.78, 5) is 11.2. The van der Waals surface area contributed by atoms with Crippen molar-refractivity contribution in [3.8, 4) is 0 Å². The summed E-state index contributed by atoms with van der Waals surface area (Å²) < 4.78 is 0. The average molecular weight is 549 g/mol. The lowest BCUT2D eigenvalue weighted by Crippen LogP contribution is -2.20. The van der Waals surface area contributed by atoms with E-state index in [-0.39, 0.29) is 12.1 Å². The molecular formula is C35H37ClN4. The number of rotatable bonds is 6. The third-order valence-electron chi connectivity index (χ3n) is 7.47. The van der Waals surface area contributed by atoms with Gasteiger partial charge in [0, 0.05) is 39.2 Å². The number of aryl methyl sites for hydroxylation is 1. The molecule has 0 fully saturated rings. The van der Waals surface area contributed by atoms with Gasteiger partial charge in [-0.3, -0.25) is 9.80 Å². The Bertz CT molecular complexity index is 1680. The molecule has 0 saturated heterocycles. The highest BCUT2D eigenvalue weighted by molar-refractivity contribution is 6.31. The van der Waals surface area contributed by atoms with Crippen LogP contribution in [-0.2, 0) is 0 Å². The Morgan fingerprint density at radius 2 is 1.15 bits per heavy atom. The first-order valence-corrected chi connectivity index (χ1v) is 14.0. The summed E-state index contributed by atoms with van der Waals surface area (Å²) in [6, 6.07) is 34.1. The van der Waals surface area contributed by atoms with E-state index < -0.39 is 0 Å². The van der Waals surface area contributed by atoms with Gasteiger partial charge in [-0.2, -0.15) is 0 Å². The van der Waals surface area contributed by atoms with Crippen LogP contribution in [0.15, 0.2) is 109 Å². The molecule has 2 atom stereocenters. The Hall–Kier alpha value is -3.83. The van der Waals surface area contributed by atoms with Gasteiger partial charge in [0.1, 0.15) is 0 Å². The van der Waals surface area contributed by atoms with Gasteiger partial charge in [-0.05, 0) is 87.2 Å². The van der Waals surface area contributed by atoms with Gasteiger partial charge in [0.25, 0.3) is 0 Å². The van der Waals surface area contributed by atoms with Crippen LogP contribution in [0.5, 0.6) is 0 Å². The molecule has 0 saturated carbocycles. The van der Waals surface area contributed by atoms with Crippen molar-refractivity contribution in [1.82, 2.24) is 19.8 Å². The molecule has 6 aromatic rings. The topological polar surface area (TPSA) is 38.1 Å². The van der Waals surface area contributed by atoms with Gasteiger partial charge < -0.3 is 9.97 Å². The summed E-state index contributed by atoms with van der Waals surface area (Å²) in [5.74, 6) is 0. The van der Waals surface area contributed by atoms with Crippen molar-refractivity contribution in [1.29, 1.82) is 0 Å². The van der Waals surface area contributed by atoms with Gasteiger partial charge in [0.15, 0.2) is 0 Å². The van der Waals surface area contributed by atoms with E-state index in [9.17, 15) is 0 Å². The number of aromatic amines is 2. The molecule has 0 bridgehead atoms. The molecular weight excluding hydrogens is 512 g/mol.